The minimum atomic E-state index is -0.328. The Morgan fingerprint density at radius 2 is 1.54 bits per heavy atom. The van der Waals surface area contributed by atoms with Crippen LogP contribution in [0.25, 0.3) is 0 Å². The first kappa shape index (κ1) is 20.9. The molecule has 3 heterocycles. The van der Waals surface area contributed by atoms with Crippen molar-refractivity contribution in [1.82, 2.24) is 15.5 Å². The molecule has 1 aromatic carbocycles. The predicted molar refractivity (Wildman–Crippen MR) is 113 cm³/mol. The monoisotopic (exact) mass is 407 g/mol. The molecule has 2 N–H and O–H groups in total. The molecule has 0 atom stereocenters. The standard InChI is InChI=1S/C20H29N5O2.ClH/c26-19-7-10-25(20(27)22-19)18-3-1-17(2-4-18)24-13-11-23(12-14-24)15-16-5-8-21-9-6-16;/h1-4,16,21H,5-15H2,(H,22,26,27);1H. The summed E-state index contributed by atoms with van der Waals surface area (Å²) in [6.45, 7) is 8.33. The number of carbonyl (C=O) groups is 2. The van der Waals surface area contributed by atoms with Crippen molar-refractivity contribution in [2.75, 3.05) is 62.2 Å². The zero-order chi connectivity index (χ0) is 18.6. The number of nitrogens with one attached hydrogen (secondary N) is 2. The van der Waals surface area contributed by atoms with Crippen LogP contribution in [0.4, 0.5) is 16.2 Å². The number of imide groups is 1. The number of halogens is 1. The van der Waals surface area contributed by atoms with Crippen molar-refractivity contribution in [1.29, 1.82) is 0 Å². The molecule has 1 aromatic rings. The number of hydrogen-bond donors (Lipinski definition) is 2. The second-order valence-corrected chi connectivity index (χ2v) is 7.75. The Bertz CT molecular complexity index is 670. The highest BCUT2D eigenvalue weighted by atomic mass is 35.5. The molecule has 0 radical (unpaired) electrons. The maximum Gasteiger partial charge on any atom is 0.328 e. The molecule has 3 aliphatic rings. The van der Waals surface area contributed by atoms with Crippen LogP contribution in [-0.4, -0.2) is 69.2 Å². The highest BCUT2D eigenvalue weighted by Crippen LogP contribution is 2.24. The van der Waals surface area contributed by atoms with Gasteiger partial charge in [-0.15, -0.1) is 12.4 Å². The number of hydrogen-bond acceptors (Lipinski definition) is 5. The van der Waals surface area contributed by atoms with E-state index in [9.17, 15) is 9.59 Å². The van der Waals surface area contributed by atoms with Crippen molar-refractivity contribution >= 4 is 35.7 Å². The molecule has 154 valence electrons. The number of carbonyl (C=O) groups excluding carboxylic acids is 2. The Kier molecular flexibility index (Phi) is 7.15. The smallest absolute Gasteiger partial charge is 0.328 e. The summed E-state index contributed by atoms with van der Waals surface area (Å²) in [7, 11) is 0. The molecule has 0 unspecified atom stereocenters. The zero-order valence-corrected chi connectivity index (χ0v) is 17.0. The first-order valence-corrected chi connectivity index (χ1v) is 10.1. The van der Waals surface area contributed by atoms with E-state index in [2.05, 4.69) is 32.6 Å². The second-order valence-electron chi connectivity index (χ2n) is 7.75. The van der Waals surface area contributed by atoms with Crippen LogP contribution in [0.15, 0.2) is 24.3 Å². The Morgan fingerprint density at radius 1 is 0.893 bits per heavy atom. The van der Waals surface area contributed by atoms with Crippen molar-refractivity contribution in [3.05, 3.63) is 24.3 Å². The molecule has 0 aromatic heterocycles. The maximum atomic E-state index is 12.0. The molecule has 0 bridgehead atoms. The molecule has 4 rings (SSSR count). The van der Waals surface area contributed by atoms with Crippen molar-refractivity contribution in [3.8, 4) is 0 Å². The molecular formula is C20H30ClN5O2. The van der Waals surface area contributed by atoms with Gasteiger partial charge in [-0.25, -0.2) is 4.79 Å². The van der Waals surface area contributed by atoms with Crippen LogP contribution in [0.3, 0.4) is 0 Å². The summed E-state index contributed by atoms with van der Waals surface area (Å²) in [4.78, 5) is 29.9. The minimum absolute atomic E-state index is 0. The number of anilines is 2. The number of amides is 3. The molecule has 7 nitrogen and oxygen atoms in total. The van der Waals surface area contributed by atoms with Crippen LogP contribution in [0.5, 0.6) is 0 Å². The largest absolute Gasteiger partial charge is 0.369 e. The van der Waals surface area contributed by atoms with E-state index in [1.165, 1.54) is 38.2 Å². The zero-order valence-electron chi connectivity index (χ0n) is 16.2. The van der Waals surface area contributed by atoms with Crippen LogP contribution in [0.1, 0.15) is 19.3 Å². The number of rotatable bonds is 4. The van der Waals surface area contributed by atoms with Gasteiger partial charge in [0.25, 0.3) is 0 Å². The normalized spacial score (nSPS) is 22.0. The highest BCUT2D eigenvalue weighted by molar-refractivity contribution is 6.05. The van der Waals surface area contributed by atoms with E-state index < -0.39 is 0 Å². The molecule has 3 saturated heterocycles. The summed E-state index contributed by atoms with van der Waals surface area (Å²) in [5.74, 6) is 0.648. The third-order valence-electron chi connectivity index (χ3n) is 5.93. The molecule has 3 aliphatic heterocycles. The maximum absolute atomic E-state index is 12.0. The molecule has 28 heavy (non-hydrogen) atoms. The molecular weight excluding hydrogens is 378 g/mol. The first-order valence-electron chi connectivity index (χ1n) is 10.1. The minimum Gasteiger partial charge on any atom is -0.369 e. The van der Waals surface area contributed by atoms with Gasteiger partial charge in [-0.05, 0) is 56.1 Å². The van der Waals surface area contributed by atoms with E-state index in [-0.39, 0.29) is 24.3 Å². The third kappa shape index (κ3) is 4.96. The number of benzene rings is 1. The summed E-state index contributed by atoms with van der Waals surface area (Å²) in [6.07, 6.45) is 2.96. The topological polar surface area (TPSA) is 67.9 Å². The van der Waals surface area contributed by atoms with Crippen LogP contribution >= 0.6 is 12.4 Å². The van der Waals surface area contributed by atoms with Crippen molar-refractivity contribution < 1.29 is 9.59 Å². The lowest BCUT2D eigenvalue weighted by Crippen LogP contribution is -2.49. The fraction of sp³-hybridized carbons (Fsp3) is 0.600. The molecule has 0 saturated carbocycles. The van der Waals surface area contributed by atoms with E-state index in [4.69, 9.17) is 0 Å². The fourth-order valence-electron chi connectivity index (χ4n) is 4.27. The van der Waals surface area contributed by atoms with E-state index >= 15 is 0 Å². The average Bonchev–Trinajstić information content (AvgIpc) is 2.70. The van der Waals surface area contributed by atoms with Crippen molar-refractivity contribution in [2.24, 2.45) is 5.92 Å². The van der Waals surface area contributed by atoms with Gasteiger partial charge in [0.15, 0.2) is 0 Å². The van der Waals surface area contributed by atoms with Gasteiger partial charge in [0, 0.05) is 57.1 Å². The number of piperazine rings is 1. The van der Waals surface area contributed by atoms with Crippen molar-refractivity contribution in [3.63, 3.8) is 0 Å². The van der Waals surface area contributed by atoms with E-state index in [1.54, 1.807) is 4.90 Å². The Morgan fingerprint density at radius 3 is 2.18 bits per heavy atom. The van der Waals surface area contributed by atoms with Gasteiger partial charge in [0.1, 0.15) is 0 Å². The molecule has 0 aliphatic carbocycles. The summed E-state index contributed by atoms with van der Waals surface area (Å²) < 4.78 is 0. The summed E-state index contributed by atoms with van der Waals surface area (Å²) >= 11 is 0. The van der Waals surface area contributed by atoms with Gasteiger partial charge in [0.05, 0.1) is 0 Å². The lowest BCUT2D eigenvalue weighted by Gasteiger charge is -2.38. The van der Waals surface area contributed by atoms with Crippen LogP contribution in [0.2, 0.25) is 0 Å². The molecule has 8 heteroatoms. The first-order chi connectivity index (χ1) is 13.2. The predicted octanol–water partition coefficient (Wildman–Crippen LogP) is 1.68. The number of urea groups is 1. The fourth-order valence-corrected chi connectivity index (χ4v) is 4.27. The lowest BCUT2D eigenvalue weighted by atomic mass is 9.97. The van der Waals surface area contributed by atoms with Crippen LogP contribution in [-0.2, 0) is 4.79 Å². The van der Waals surface area contributed by atoms with E-state index in [1.807, 2.05) is 12.1 Å². The Balaban J connectivity index is 0.00000225. The van der Waals surface area contributed by atoms with Gasteiger partial charge in [0.2, 0.25) is 5.91 Å². The van der Waals surface area contributed by atoms with Gasteiger partial charge in [-0.3, -0.25) is 19.9 Å². The van der Waals surface area contributed by atoms with Crippen LogP contribution in [0, 0.1) is 5.92 Å². The van der Waals surface area contributed by atoms with Gasteiger partial charge < -0.3 is 10.2 Å². The SMILES string of the molecule is Cl.O=C1CCN(c2ccc(N3CCN(CC4CCNCC4)CC3)cc2)C(=O)N1. The Hall–Kier alpha value is -1.83. The van der Waals surface area contributed by atoms with E-state index in [0.29, 0.717) is 13.0 Å². The summed E-state index contributed by atoms with van der Waals surface area (Å²) in [5.41, 5.74) is 2.04. The number of nitrogens with zero attached hydrogens (tertiary/aromatic N) is 3. The summed E-state index contributed by atoms with van der Waals surface area (Å²) in [5, 5.41) is 5.81. The van der Waals surface area contributed by atoms with E-state index in [0.717, 1.165) is 37.8 Å². The second kappa shape index (κ2) is 9.58. The van der Waals surface area contributed by atoms with Crippen molar-refractivity contribution in [2.45, 2.75) is 19.3 Å². The summed E-state index contributed by atoms with van der Waals surface area (Å²) in [6, 6.07) is 7.80. The number of piperidine rings is 1. The molecule has 3 fully saturated rings. The van der Waals surface area contributed by atoms with Gasteiger partial charge in [-0.2, -0.15) is 0 Å². The van der Waals surface area contributed by atoms with Crippen LogP contribution < -0.4 is 20.4 Å². The lowest BCUT2D eigenvalue weighted by molar-refractivity contribution is -0.120. The van der Waals surface area contributed by atoms with Gasteiger partial charge in [-0.1, -0.05) is 0 Å². The molecule has 3 amide bonds. The average molecular weight is 408 g/mol. The third-order valence-corrected chi connectivity index (χ3v) is 5.93. The van der Waals surface area contributed by atoms with Gasteiger partial charge >= 0.3 is 6.03 Å². The highest BCUT2D eigenvalue weighted by Gasteiger charge is 2.25. The quantitative estimate of drug-likeness (QED) is 0.794. The Labute approximate surface area is 172 Å². The molecule has 0 spiro atoms.